The van der Waals surface area contributed by atoms with Crippen LogP contribution in [-0.2, 0) is 19.1 Å². The summed E-state index contributed by atoms with van der Waals surface area (Å²) in [5.74, 6) is 0.483. The van der Waals surface area contributed by atoms with Crippen LogP contribution in [0.4, 0.5) is 0 Å². The van der Waals surface area contributed by atoms with Crippen molar-refractivity contribution in [3.05, 3.63) is 0 Å². The predicted molar refractivity (Wildman–Crippen MR) is 227 cm³/mol. The molecular weight excluding hydrogens is 659 g/mol. The maximum Gasteiger partial charge on any atom is 0.311 e. The molecule has 0 heterocycles. The first-order valence-electron chi connectivity index (χ1n) is 23.5. The van der Waals surface area contributed by atoms with Crippen LogP contribution in [0.2, 0.25) is 0 Å². The first-order valence-corrected chi connectivity index (χ1v) is 23.5. The van der Waals surface area contributed by atoms with E-state index in [-0.39, 0.29) is 18.5 Å². The minimum Gasteiger partial charge on any atom is -0.466 e. The number of aliphatic hydroxyl groups is 1. The molecule has 1 N–H and O–H groups in total. The molecule has 0 aliphatic rings. The highest BCUT2D eigenvalue weighted by Gasteiger charge is 2.29. The van der Waals surface area contributed by atoms with E-state index in [0.29, 0.717) is 25.6 Å². The van der Waals surface area contributed by atoms with Gasteiger partial charge in [0.15, 0.2) is 0 Å². The minimum absolute atomic E-state index is 0.00624. The molecule has 0 rings (SSSR count). The van der Waals surface area contributed by atoms with Gasteiger partial charge in [0.05, 0.1) is 18.6 Å². The molecule has 53 heavy (non-hydrogen) atoms. The fourth-order valence-electron chi connectivity index (χ4n) is 7.37. The lowest BCUT2D eigenvalue weighted by atomic mass is 9.86. The summed E-state index contributed by atoms with van der Waals surface area (Å²) in [7, 11) is 0. The second-order valence-corrected chi connectivity index (χ2v) is 17.1. The Morgan fingerprint density at radius 2 is 0.962 bits per heavy atom. The Hall–Kier alpha value is -1.14. The van der Waals surface area contributed by atoms with E-state index in [9.17, 15) is 14.7 Å². The van der Waals surface area contributed by atoms with Crippen LogP contribution in [-0.4, -0.2) is 61.4 Å². The van der Waals surface area contributed by atoms with Crippen LogP contribution in [0.1, 0.15) is 240 Å². The van der Waals surface area contributed by atoms with E-state index in [2.05, 4.69) is 39.5 Å². The molecule has 0 bridgehead atoms. The van der Waals surface area contributed by atoms with Gasteiger partial charge in [-0.1, -0.05) is 162 Å². The first-order chi connectivity index (χ1) is 25.8. The van der Waals surface area contributed by atoms with Gasteiger partial charge in [-0.05, 0) is 97.2 Å². The summed E-state index contributed by atoms with van der Waals surface area (Å²) in [6.07, 6.45) is 37.6. The van der Waals surface area contributed by atoms with Gasteiger partial charge in [-0.15, -0.1) is 0 Å². The fraction of sp³-hybridized carbons (Fsp3) is 0.957. The second-order valence-electron chi connectivity index (χ2n) is 17.1. The van der Waals surface area contributed by atoms with E-state index < -0.39 is 5.41 Å². The van der Waals surface area contributed by atoms with Crippen molar-refractivity contribution in [2.45, 2.75) is 240 Å². The average Bonchev–Trinajstić information content (AvgIpc) is 3.14. The van der Waals surface area contributed by atoms with E-state index in [0.717, 1.165) is 71.0 Å². The molecule has 0 aliphatic carbocycles. The number of hydrogen-bond acceptors (Lipinski definition) is 6. The van der Waals surface area contributed by atoms with Crippen LogP contribution in [0.3, 0.4) is 0 Å². The Morgan fingerprint density at radius 1 is 0.528 bits per heavy atom. The monoisotopic (exact) mass is 752 g/mol. The van der Waals surface area contributed by atoms with Crippen molar-refractivity contribution < 1.29 is 24.2 Å². The standard InChI is InChI=1S/C47H93NO5/c1-6-9-12-15-16-24-33-42-52-45(50)36-27-20-17-22-29-38-48(40-31-32-41-49)39-30-23-21-28-37-47(4,5)46(51)53-43-44(34-25-18-13-10-7-2)35-26-19-14-11-8-3/h44,49H,6-43H2,1-5H3. The van der Waals surface area contributed by atoms with Crippen molar-refractivity contribution >= 4 is 11.9 Å². The third-order valence-corrected chi connectivity index (χ3v) is 11.2. The normalized spacial score (nSPS) is 11.9. The summed E-state index contributed by atoms with van der Waals surface area (Å²) in [5, 5.41) is 9.30. The van der Waals surface area contributed by atoms with Crippen molar-refractivity contribution in [1.29, 1.82) is 0 Å². The Morgan fingerprint density at radius 3 is 1.49 bits per heavy atom. The topological polar surface area (TPSA) is 76.1 Å². The molecule has 0 amide bonds. The van der Waals surface area contributed by atoms with Gasteiger partial charge in [0.1, 0.15) is 0 Å². The number of hydrogen-bond donors (Lipinski definition) is 1. The van der Waals surface area contributed by atoms with Crippen molar-refractivity contribution in [3.8, 4) is 0 Å². The summed E-state index contributed by atoms with van der Waals surface area (Å²) in [6, 6.07) is 0. The second kappa shape index (κ2) is 39.1. The first kappa shape index (κ1) is 51.9. The zero-order valence-electron chi connectivity index (χ0n) is 36.5. The van der Waals surface area contributed by atoms with E-state index in [4.69, 9.17) is 9.47 Å². The molecule has 0 spiro atoms. The highest BCUT2D eigenvalue weighted by atomic mass is 16.5. The Kier molecular flexibility index (Phi) is 38.3. The molecule has 0 unspecified atom stereocenters. The van der Waals surface area contributed by atoms with Gasteiger partial charge in [-0.2, -0.15) is 0 Å². The lowest BCUT2D eigenvalue weighted by Gasteiger charge is -2.25. The van der Waals surface area contributed by atoms with E-state index >= 15 is 0 Å². The molecule has 0 atom stereocenters. The number of carbonyl (C=O) groups excluding carboxylic acids is 2. The number of carbonyl (C=O) groups is 2. The van der Waals surface area contributed by atoms with Crippen LogP contribution >= 0.6 is 0 Å². The molecule has 0 aliphatic heterocycles. The number of nitrogens with zero attached hydrogens (tertiary/aromatic N) is 1. The smallest absolute Gasteiger partial charge is 0.311 e. The summed E-state index contributed by atoms with van der Waals surface area (Å²) in [6.45, 7) is 15.7. The maximum atomic E-state index is 13.2. The predicted octanol–water partition coefficient (Wildman–Crippen LogP) is 13.6. The number of aliphatic hydroxyl groups excluding tert-OH is 1. The average molecular weight is 752 g/mol. The maximum absolute atomic E-state index is 13.2. The van der Waals surface area contributed by atoms with Gasteiger partial charge in [0, 0.05) is 13.0 Å². The molecule has 0 aromatic rings. The van der Waals surface area contributed by atoms with E-state index in [1.807, 2.05) is 0 Å². The van der Waals surface area contributed by atoms with E-state index in [1.165, 1.54) is 148 Å². The Balaban J connectivity index is 4.25. The lowest BCUT2D eigenvalue weighted by Crippen LogP contribution is -2.28. The molecular formula is C47H93NO5. The summed E-state index contributed by atoms with van der Waals surface area (Å²) >= 11 is 0. The lowest BCUT2D eigenvalue weighted by molar-refractivity contribution is -0.156. The summed E-state index contributed by atoms with van der Waals surface area (Å²) < 4.78 is 11.4. The van der Waals surface area contributed by atoms with Crippen LogP contribution in [0.5, 0.6) is 0 Å². The van der Waals surface area contributed by atoms with E-state index in [1.54, 1.807) is 0 Å². The highest BCUT2D eigenvalue weighted by molar-refractivity contribution is 5.75. The number of rotatable bonds is 42. The van der Waals surface area contributed by atoms with Crippen LogP contribution in [0.15, 0.2) is 0 Å². The minimum atomic E-state index is -0.420. The molecule has 0 saturated heterocycles. The highest BCUT2D eigenvalue weighted by Crippen LogP contribution is 2.27. The number of ether oxygens (including phenoxy) is 2. The largest absolute Gasteiger partial charge is 0.466 e. The summed E-state index contributed by atoms with van der Waals surface area (Å²) in [4.78, 5) is 27.8. The van der Waals surface area contributed by atoms with Gasteiger partial charge in [0.25, 0.3) is 0 Å². The fourth-order valence-corrected chi connectivity index (χ4v) is 7.37. The molecule has 0 aromatic carbocycles. The molecule has 0 radical (unpaired) electrons. The third-order valence-electron chi connectivity index (χ3n) is 11.2. The van der Waals surface area contributed by atoms with Gasteiger partial charge in [-0.25, -0.2) is 0 Å². The third kappa shape index (κ3) is 35.0. The zero-order valence-corrected chi connectivity index (χ0v) is 36.5. The van der Waals surface area contributed by atoms with Gasteiger partial charge in [-0.3, -0.25) is 9.59 Å². The number of esters is 2. The van der Waals surface area contributed by atoms with Gasteiger partial charge >= 0.3 is 11.9 Å². The van der Waals surface area contributed by atoms with Crippen molar-refractivity contribution in [3.63, 3.8) is 0 Å². The quantitative estimate of drug-likeness (QED) is 0.0494. The molecule has 0 saturated carbocycles. The molecule has 0 fully saturated rings. The van der Waals surface area contributed by atoms with Crippen LogP contribution < -0.4 is 0 Å². The summed E-state index contributed by atoms with van der Waals surface area (Å²) in [5.41, 5.74) is -0.420. The van der Waals surface area contributed by atoms with Crippen LogP contribution in [0, 0.1) is 11.3 Å². The molecule has 316 valence electrons. The Bertz CT molecular complexity index is 773. The Labute approximate surface area is 331 Å². The van der Waals surface area contributed by atoms with Gasteiger partial charge in [0.2, 0.25) is 0 Å². The molecule has 6 nitrogen and oxygen atoms in total. The number of unbranched alkanes of at least 4 members (excludes halogenated alkanes) is 22. The SMILES string of the molecule is CCCCCCCCCOC(=O)CCCCCCCN(CCCCO)CCCCCCC(C)(C)C(=O)OCC(CCCCCCC)CCCCCCC. The molecule has 6 heteroatoms. The van der Waals surface area contributed by atoms with Gasteiger partial charge < -0.3 is 19.5 Å². The van der Waals surface area contributed by atoms with Crippen molar-refractivity contribution in [1.82, 2.24) is 4.90 Å². The van der Waals surface area contributed by atoms with Crippen molar-refractivity contribution in [2.24, 2.45) is 11.3 Å². The van der Waals surface area contributed by atoms with Crippen molar-refractivity contribution in [2.75, 3.05) is 39.5 Å². The van der Waals surface area contributed by atoms with Crippen LogP contribution in [0.25, 0.3) is 0 Å². The molecule has 0 aromatic heterocycles. The zero-order chi connectivity index (χ0) is 39.1.